The SMILES string of the molecule is CO[C@@H]1CCC2(CCN(c3cnc(Sc4ccnc(N)c4Cl)cn3)CC2)C1. The van der Waals surface area contributed by atoms with Gasteiger partial charge in [0, 0.05) is 31.3 Å². The van der Waals surface area contributed by atoms with Crippen molar-refractivity contribution in [2.24, 2.45) is 5.41 Å². The first-order chi connectivity index (χ1) is 13.1. The highest BCUT2D eigenvalue weighted by atomic mass is 35.5. The summed E-state index contributed by atoms with van der Waals surface area (Å²) in [6.45, 7) is 2.06. The van der Waals surface area contributed by atoms with E-state index in [1.165, 1.54) is 43.9 Å². The molecule has 0 aromatic carbocycles. The maximum atomic E-state index is 6.20. The number of pyridine rings is 1. The fourth-order valence-electron chi connectivity index (χ4n) is 4.18. The van der Waals surface area contributed by atoms with Crippen LogP contribution in [0.3, 0.4) is 0 Å². The first kappa shape index (κ1) is 18.8. The van der Waals surface area contributed by atoms with Crippen molar-refractivity contribution in [2.75, 3.05) is 30.8 Å². The van der Waals surface area contributed by atoms with Crippen LogP contribution in [0.25, 0.3) is 0 Å². The minimum absolute atomic E-state index is 0.330. The monoisotopic (exact) mass is 405 g/mol. The molecule has 2 aromatic heterocycles. The predicted molar refractivity (Wildman–Crippen MR) is 108 cm³/mol. The number of anilines is 2. The first-order valence-electron chi connectivity index (χ1n) is 9.26. The van der Waals surface area contributed by atoms with Crippen LogP contribution in [0, 0.1) is 5.41 Å². The standard InChI is InChI=1S/C19H24ClN5OS/c1-26-13-2-4-19(10-13)5-8-25(9-6-19)15-11-24-16(12-23-15)27-14-3-7-22-18(21)17(14)20/h3,7,11-13H,2,4-6,8-10H2,1H3,(H2,21,22)/t13-/m1/s1. The molecule has 1 spiro atoms. The lowest BCUT2D eigenvalue weighted by atomic mass is 9.77. The lowest BCUT2D eigenvalue weighted by Crippen LogP contribution is -2.39. The Bertz CT molecular complexity index is 795. The number of hydrogen-bond acceptors (Lipinski definition) is 7. The number of rotatable bonds is 4. The molecule has 8 heteroatoms. The molecule has 144 valence electrons. The second kappa shape index (κ2) is 7.81. The number of nitrogens with zero attached hydrogens (tertiary/aromatic N) is 4. The van der Waals surface area contributed by atoms with Gasteiger partial charge in [-0.1, -0.05) is 23.4 Å². The maximum Gasteiger partial charge on any atom is 0.147 e. The molecular formula is C19H24ClN5OS. The van der Waals surface area contributed by atoms with Crippen LogP contribution in [0.5, 0.6) is 0 Å². The first-order valence-corrected chi connectivity index (χ1v) is 10.5. The Kier molecular flexibility index (Phi) is 5.43. The highest BCUT2D eigenvalue weighted by Gasteiger charge is 2.41. The Labute approximate surface area is 168 Å². The summed E-state index contributed by atoms with van der Waals surface area (Å²) in [5.41, 5.74) is 6.23. The molecule has 3 heterocycles. The number of methoxy groups -OCH3 is 1. The summed E-state index contributed by atoms with van der Waals surface area (Å²) in [5, 5.41) is 1.25. The average Bonchev–Trinajstić information content (AvgIpc) is 3.10. The molecule has 4 rings (SSSR count). The molecule has 1 atom stereocenters. The van der Waals surface area contributed by atoms with E-state index in [-0.39, 0.29) is 0 Å². The Morgan fingerprint density at radius 3 is 2.70 bits per heavy atom. The molecule has 1 aliphatic heterocycles. The maximum absolute atomic E-state index is 6.20. The number of nitrogens with two attached hydrogens (primary N) is 1. The molecule has 1 saturated heterocycles. The van der Waals surface area contributed by atoms with Crippen LogP contribution in [0.1, 0.15) is 32.1 Å². The second-order valence-corrected chi connectivity index (χ2v) is 8.85. The third-order valence-electron chi connectivity index (χ3n) is 5.85. The van der Waals surface area contributed by atoms with Gasteiger partial charge in [0.2, 0.25) is 0 Å². The normalized spacial score (nSPS) is 21.7. The van der Waals surface area contributed by atoms with E-state index in [4.69, 9.17) is 22.1 Å². The fourth-order valence-corrected chi connectivity index (χ4v) is 5.16. The second-order valence-electron chi connectivity index (χ2n) is 7.41. The number of nitrogen functional groups attached to an aromatic ring is 1. The van der Waals surface area contributed by atoms with Gasteiger partial charge in [-0.2, -0.15) is 0 Å². The molecule has 2 aliphatic rings. The third kappa shape index (κ3) is 4.00. The minimum atomic E-state index is 0.330. The van der Waals surface area contributed by atoms with Crippen LogP contribution >= 0.6 is 23.4 Å². The summed E-state index contributed by atoms with van der Waals surface area (Å²) in [4.78, 5) is 16.3. The molecule has 1 aliphatic carbocycles. The smallest absolute Gasteiger partial charge is 0.147 e. The zero-order valence-corrected chi connectivity index (χ0v) is 17.0. The van der Waals surface area contributed by atoms with Crippen molar-refractivity contribution in [3.63, 3.8) is 0 Å². The summed E-state index contributed by atoms with van der Waals surface area (Å²) >= 11 is 7.65. The molecule has 2 N–H and O–H groups in total. The van der Waals surface area contributed by atoms with Gasteiger partial charge < -0.3 is 15.4 Å². The summed E-state index contributed by atoms with van der Waals surface area (Å²) in [6, 6.07) is 1.83. The summed E-state index contributed by atoms with van der Waals surface area (Å²) in [7, 11) is 1.83. The van der Waals surface area contributed by atoms with Crippen molar-refractivity contribution in [1.29, 1.82) is 0 Å². The van der Waals surface area contributed by atoms with Gasteiger partial charge in [0.1, 0.15) is 16.7 Å². The molecule has 6 nitrogen and oxygen atoms in total. The van der Waals surface area contributed by atoms with Gasteiger partial charge in [-0.3, -0.25) is 0 Å². The molecule has 2 aromatic rings. The minimum Gasteiger partial charge on any atom is -0.382 e. The van der Waals surface area contributed by atoms with Gasteiger partial charge in [0.25, 0.3) is 0 Å². The lowest BCUT2D eigenvalue weighted by molar-refractivity contribution is 0.0895. The molecule has 1 saturated carbocycles. The van der Waals surface area contributed by atoms with E-state index in [2.05, 4.69) is 19.9 Å². The summed E-state index contributed by atoms with van der Waals surface area (Å²) in [5.74, 6) is 1.27. The molecule has 0 unspecified atom stereocenters. The molecule has 2 fully saturated rings. The molecular weight excluding hydrogens is 382 g/mol. The number of ether oxygens (including phenoxy) is 1. The van der Waals surface area contributed by atoms with Gasteiger partial charge in [-0.05, 0) is 43.6 Å². The fraction of sp³-hybridized carbons (Fsp3) is 0.526. The highest BCUT2D eigenvalue weighted by molar-refractivity contribution is 7.99. The van der Waals surface area contributed by atoms with E-state index in [0.717, 1.165) is 28.8 Å². The molecule has 27 heavy (non-hydrogen) atoms. The lowest BCUT2D eigenvalue weighted by Gasteiger charge is -2.40. The summed E-state index contributed by atoms with van der Waals surface area (Å²) in [6.07, 6.45) is 11.8. The van der Waals surface area contributed by atoms with E-state index < -0.39 is 0 Å². The van der Waals surface area contributed by atoms with Crippen molar-refractivity contribution in [3.8, 4) is 0 Å². The zero-order chi connectivity index (χ0) is 18.9. The quantitative estimate of drug-likeness (QED) is 0.822. The Morgan fingerprint density at radius 1 is 1.22 bits per heavy atom. The van der Waals surface area contributed by atoms with E-state index >= 15 is 0 Å². The topological polar surface area (TPSA) is 77.2 Å². The van der Waals surface area contributed by atoms with Crippen LogP contribution in [-0.2, 0) is 4.74 Å². The predicted octanol–water partition coefficient (Wildman–Crippen LogP) is 4.04. The largest absolute Gasteiger partial charge is 0.382 e. The number of halogens is 1. The van der Waals surface area contributed by atoms with Crippen LogP contribution in [0.4, 0.5) is 11.6 Å². The van der Waals surface area contributed by atoms with E-state index in [1.54, 1.807) is 12.4 Å². The Morgan fingerprint density at radius 2 is 2.04 bits per heavy atom. The van der Waals surface area contributed by atoms with Crippen molar-refractivity contribution in [1.82, 2.24) is 15.0 Å². The molecule has 0 amide bonds. The molecule has 0 bridgehead atoms. The Balaban J connectivity index is 1.38. The van der Waals surface area contributed by atoms with Crippen molar-refractivity contribution in [3.05, 3.63) is 29.7 Å². The number of hydrogen-bond donors (Lipinski definition) is 1. The van der Waals surface area contributed by atoms with Gasteiger partial charge in [0.05, 0.1) is 23.5 Å². The zero-order valence-electron chi connectivity index (χ0n) is 15.4. The Hall–Kier alpha value is -1.57. The van der Waals surface area contributed by atoms with E-state index in [1.807, 2.05) is 19.4 Å². The van der Waals surface area contributed by atoms with Crippen LogP contribution in [-0.4, -0.2) is 41.3 Å². The van der Waals surface area contributed by atoms with E-state index in [9.17, 15) is 0 Å². The van der Waals surface area contributed by atoms with Crippen molar-refractivity contribution in [2.45, 2.75) is 48.1 Å². The number of piperidine rings is 1. The van der Waals surface area contributed by atoms with Crippen molar-refractivity contribution < 1.29 is 4.74 Å². The number of aromatic nitrogens is 3. The highest BCUT2D eigenvalue weighted by Crippen LogP contribution is 2.47. The van der Waals surface area contributed by atoms with Crippen LogP contribution < -0.4 is 10.6 Å². The van der Waals surface area contributed by atoms with Gasteiger partial charge in [-0.15, -0.1) is 0 Å². The van der Waals surface area contributed by atoms with Gasteiger partial charge in [-0.25, -0.2) is 15.0 Å². The third-order valence-corrected chi connectivity index (χ3v) is 7.34. The average molecular weight is 406 g/mol. The van der Waals surface area contributed by atoms with Gasteiger partial charge in [0.15, 0.2) is 0 Å². The molecule has 0 radical (unpaired) electrons. The van der Waals surface area contributed by atoms with Crippen LogP contribution in [0.15, 0.2) is 34.6 Å². The summed E-state index contributed by atoms with van der Waals surface area (Å²) < 4.78 is 5.57. The van der Waals surface area contributed by atoms with E-state index in [0.29, 0.717) is 22.4 Å². The van der Waals surface area contributed by atoms with Crippen LogP contribution in [0.2, 0.25) is 5.02 Å². The van der Waals surface area contributed by atoms with Crippen molar-refractivity contribution >= 4 is 35.0 Å². The van der Waals surface area contributed by atoms with Gasteiger partial charge >= 0.3 is 0 Å².